The van der Waals surface area contributed by atoms with Gasteiger partial charge in [-0.25, -0.2) is 0 Å². The third kappa shape index (κ3) is 2.59. The molecule has 1 aromatic heterocycles. The standard InChI is InChI=1S/C18H16N2/c1-14-17-13-18-16(8-6-12-20-18)10-9-15(17)7-4-2-3-5-11-19-14/h3-12H,1-2,13H2/b5-3-,7-4-,19-11-. The maximum atomic E-state index is 4.48. The SMILES string of the molecule is C=C1/N=C\C=C/C/C=C\C2=C1Cc1ncccc1C=C2. The van der Waals surface area contributed by atoms with E-state index in [1.54, 1.807) is 6.21 Å². The summed E-state index contributed by atoms with van der Waals surface area (Å²) < 4.78 is 0. The molecule has 0 fully saturated rings. The maximum absolute atomic E-state index is 4.48. The predicted octanol–water partition coefficient (Wildman–Crippen LogP) is 4.05. The van der Waals surface area contributed by atoms with Gasteiger partial charge in [0.1, 0.15) is 0 Å². The molecular formula is C18H16N2. The van der Waals surface area contributed by atoms with Gasteiger partial charge in [0.2, 0.25) is 0 Å². The van der Waals surface area contributed by atoms with Crippen molar-refractivity contribution in [2.45, 2.75) is 12.8 Å². The molecule has 0 spiro atoms. The minimum absolute atomic E-state index is 0.767. The Morgan fingerprint density at radius 1 is 1.10 bits per heavy atom. The van der Waals surface area contributed by atoms with Crippen LogP contribution in [0.4, 0.5) is 0 Å². The quantitative estimate of drug-likeness (QED) is 0.691. The molecule has 0 N–H and O–H groups in total. The average Bonchev–Trinajstić information content (AvgIpc) is 2.66. The van der Waals surface area contributed by atoms with Crippen LogP contribution in [0.5, 0.6) is 0 Å². The second kappa shape index (κ2) is 5.66. The number of aromatic nitrogens is 1. The summed E-state index contributed by atoms with van der Waals surface area (Å²) in [5.41, 5.74) is 5.35. The Morgan fingerprint density at radius 3 is 3.00 bits per heavy atom. The first-order chi connectivity index (χ1) is 9.84. The van der Waals surface area contributed by atoms with Gasteiger partial charge in [-0.05, 0) is 35.3 Å². The third-order valence-corrected chi connectivity index (χ3v) is 3.43. The van der Waals surface area contributed by atoms with Crippen LogP contribution < -0.4 is 0 Å². The molecule has 0 atom stereocenters. The van der Waals surface area contributed by atoms with Crippen LogP contribution in [0, 0.1) is 0 Å². The van der Waals surface area contributed by atoms with Crippen LogP contribution in [0.15, 0.2) is 77.1 Å². The van der Waals surface area contributed by atoms with Crippen molar-refractivity contribution < 1.29 is 0 Å². The van der Waals surface area contributed by atoms with Gasteiger partial charge in [-0.15, -0.1) is 0 Å². The zero-order valence-corrected chi connectivity index (χ0v) is 11.3. The number of hydrogen-bond donors (Lipinski definition) is 0. The second-order valence-corrected chi connectivity index (χ2v) is 4.77. The van der Waals surface area contributed by atoms with Gasteiger partial charge in [0.15, 0.2) is 0 Å². The topological polar surface area (TPSA) is 25.2 Å². The van der Waals surface area contributed by atoms with Crippen LogP contribution >= 0.6 is 0 Å². The number of pyridine rings is 1. The van der Waals surface area contributed by atoms with Crippen LogP contribution in [-0.2, 0) is 6.42 Å². The number of aliphatic imine (C=N–C) groups is 1. The first-order valence-corrected chi connectivity index (χ1v) is 6.75. The fourth-order valence-electron chi connectivity index (χ4n) is 2.35. The Labute approximate surface area is 119 Å². The molecule has 0 saturated carbocycles. The molecule has 2 aliphatic rings. The average molecular weight is 260 g/mol. The highest BCUT2D eigenvalue weighted by molar-refractivity contribution is 5.73. The molecule has 3 rings (SSSR count). The molecular weight excluding hydrogens is 244 g/mol. The van der Waals surface area contributed by atoms with Crippen molar-refractivity contribution in [2.75, 3.05) is 0 Å². The summed E-state index contributed by atoms with van der Waals surface area (Å²) in [4.78, 5) is 8.91. The van der Waals surface area contributed by atoms with Gasteiger partial charge < -0.3 is 0 Å². The molecule has 2 heteroatoms. The van der Waals surface area contributed by atoms with Gasteiger partial charge in [-0.2, -0.15) is 0 Å². The summed E-state index contributed by atoms with van der Waals surface area (Å²) in [5, 5.41) is 0. The Bertz CT molecular complexity index is 685. The van der Waals surface area contributed by atoms with E-state index in [9.17, 15) is 0 Å². The number of nitrogens with zero attached hydrogens (tertiary/aromatic N) is 2. The number of allylic oxidation sites excluding steroid dienone is 7. The van der Waals surface area contributed by atoms with Gasteiger partial charge in [0, 0.05) is 18.8 Å². The van der Waals surface area contributed by atoms with Crippen LogP contribution in [-0.4, -0.2) is 11.2 Å². The van der Waals surface area contributed by atoms with Crippen molar-refractivity contribution in [1.82, 2.24) is 4.98 Å². The molecule has 98 valence electrons. The second-order valence-electron chi connectivity index (χ2n) is 4.77. The van der Waals surface area contributed by atoms with E-state index in [4.69, 9.17) is 0 Å². The summed E-state index contributed by atoms with van der Waals surface area (Å²) in [7, 11) is 0. The van der Waals surface area contributed by atoms with Crippen molar-refractivity contribution in [3.05, 3.63) is 83.4 Å². The van der Waals surface area contributed by atoms with Crippen LogP contribution in [0.25, 0.3) is 6.08 Å². The summed E-state index contributed by atoms with van der Waals surface area (Å²) in [6, 6.07) is 4.06. The lowest BCUT2D eigenvalue weighted by atomic mass is 10.0. The van der Waals surface area contributed by atoms with E-state index >= 15 is 0 Å². The summed E-state index contributed by atoms with van der Waals surface area (Å²) >= 11 is 0. The largest absolute Gasteiger partial charge is 0.260 e. The molecule has 0 bridgehead atoms. The molecule has 0 aromatic carbocycles. The fourth-order valence-corrected chi connectivity index (χ4v) is 2.35. The maximum Gasteiger partial charge on any atom is 0.0599 e. The molecule has 2 heterocycles. The summed E-state index contributed by atoms with van der Waals surface area (Å²) in [6.45, 7) is 4.10. The fraction of sp³-hybridized carbons (Fsp3) is 0.111. The van der Waals surface area contributed by atoms with Gasteiger partial charge in [-0.1, -0.05) is 43.0 Å². The van der Waals surface area contributed by atoms with Crippen molar-refractivity contribution in [1.29, 1.82) is 0 Å². The van der Waals surface area contributed by atoms with Crippen molar-refractivity contribution >= 4 is 12.3 Å². The molecule has 0 unspecified atom stereocenters. The smallest absolute Gasteiger partial charge is 0.0599 e. The zero-order chi connectivity index (χ0) is 13.8. The zero-order valence-electron chi connectivity index (χ0n) is 11.3. The molecule has 2 nitrogen and oxygen atoms in total. The highest BCUT2D eigenvalue weighted by atomic mass is 14.7. The number of fused-ring (bicyclic) bond motifs is 1. The van der Waals surface area contributed by atoms with E-state index in [2.05, 4.69) is 53.0 Å². The lowest BCUT2D eigenvalue weighted by Gasteiger charge is -2.09. The minimum atomic E-state index is 0.767. The van der Waals surface area contributed by atoms with E-state index in [1.165, 1.54) is 5.57 Å². The molecule has 0 radical (unpaired) electrons. The van der Waals surface area contributed by atoms with E-state index in [0.29, 0.717) is 0 Å². The van der Waals surface area contributed by atoms with E-state index < -0.39 is 0 Å². The Morgan fingerprint density at radius 2 is 2.05 bits per heavy atom. The lowest BCUT2D eigenvalue weighted by molar-refractivity contribution is 1.04. The lowest BCUT2D eigenvalue weighted by Crippen LogP contribution is -1.99. The normalized spacial score (nSPS) is 22.5. The minimum Gasteiger partial charge on any atom is -0.260 e. The monoisotopic (exact) mass is 260 g/mol. The van der Waals surface area contributed by atoms with Gasteiger partial charge in [0.25, 0.3) is 0 Å². The van der Waals surface area contributed by atoms with Gasteiger partial charge in [0.05, 0.1) is 11.4 Å². The Kier molecular flexibility index (Phi) is 3.55. The summed E-state index contributed by atoms with van der Waals surface area (Å²) in [5.74, 6) is 0. The molecule has 1 aromatic rings. The molecule has 0 amide bonds. The van der Waals surface area contributed by atoms with Crippen molar-refractivity contribution in [3.63, 3.8) is 0 Å². The molecule has 1 aliphatic carbocycles. The van der Waals surface area contributed by atoms with Crippen molar-refractivity contribution in [2.24, 2.45) is 4.99 Å². The van der Waals surface area contributed by atoms with Gasteiger partial charge >= 0.3 is 0 Å². The Balaban J connectivity index is 2.09. The highest BCUT2D eigenvalue weighted by Gasteiger charge is 2.13. The Hall–Kier alpha value is -2.48. The van der Waals surface area contributed by atoms with Crippen LogP contribution in [0.2, 0.25) is 0 Å². The summed E-state index contributed by atoms with van der Waals surface area (Å²) in [6.07, 6.45) is 17.9. The van der Waals surface area contributed by atoms with Crippen LogP contribution in [0.3, 0.4) is 0 Å². The van der Waals surface area contributed by atoms with E-state index in [-0.39, 0.29) is 0 Å². The number of rotatable bonds is 0. The van der Waals surface area contributed by atoms with E-state index in [0.717, 1.165) is 35.4 Å². The number of hydrogen-bond acceptors (Lipinski definition) is 2. The van der Waals surface area contributed by atoms with Gasteiger partial charge in [-0.3, -0.25) is 9.98 Å². The molecule has 20 heavy (non-hydrogen) atoms. The predicted molar refractivity (Wildman–Crippen MR) is 84.5 cm³/mol. The first kappa shape index (κ1) is 12.5. The molecule has 1 aliphatic heterocycles. The van der Waals surface area contributed by atoms with E-state index in [1.807, 2.05) is 18.3 Å². The highest BCUT2D eigenvalue weighted by Crippen LogP contribution is 2.27. The third-order valence-electron chi connectivity index (χ3n) is 3.43. The van der Waals surface area contributed by atoms with Crippen LogP contribution in [0.1, 0.15) is 17.7 Å². The first-order valence-electron chi connectivity index (χ1n) is 6.75. The van der Waals surface area contributed by atoms with Crippen molar-refractivity contribution in [3.8, 4) is 0 Å². The molecule has 0 saturated heterocycles.